The van der Waals surface area contributed by atoms with Gasteiger partial charge in [0.1, 0.15) is 0 Å². The van der Waals surface area contributed by atoms with Gasteiger partial charge in [-0.15, -0.1) is 0 Å². The summed E-state index contributed by atoms with van der Waals surface area (Å²) >= 11 is 6.19. The topological polar surface area (TPSA) is 113 Å². The molecule has 0 aliphatic carbocycles. The maximum Gasteiger partial charge on any atom is 0.490 e. The van der Waals surface area contributed by atoms with Crippen LogP contribution in [0.5, 0.6) is 11.5 Å². The number of hydrogen-bond donors (Lipinski definition) is 2. The number of phenols is 2. The molecule has 3 aliphatic rings. The largest absolute Gasteiger partial charge is 0.504 e. The quantitative estimate of drug-likeness (QED) is 0.224. The van der Waals surface area contributed by atoms with Gasteiger partial charge in [0, 0.05) is 20.2 Å². The van der Waals surface area contributed by atoms with Gasteiger partial charge in [0.15, 0.2) is 29.4 Å². The van der Waals surface area contributed by atoms with Crippen molar-refractivity contribution in [2.75, 3.05) is 0 Å². The lowest BCUT2D eigenvalue weighted by Gasteiger charge is -2.32. The molecule has 0 saturated carbocycles. The van der Waals surface area contributed by atoms with E-state index in [1.807, 2.05) is 34.6 Å². The maximum atomic E-state index is 13.5. The van der Waals surface area contributed by atoms with Crippen LogP contribution in [0.25, 0.3) is 6.08 Å². The highest BCUT2D eigenvalue weighted by molar-refractivity contribution is 9.10. The lowest BCUT2D eigenvalue weighted by atomic mass is 9.53. The van der Waals surface area contributed by atoms with Crippen molar-refractivity contribution in [3.63, 3.8) is 0 Å². The average Bonchev–Trinajstić information content (AvgIpc) is 3.46. The number of rotatable bonds is 5. The van der Waals surface area contributed by atoms with Gasteiger partial charge in [-0.05, 0) is 120 Å². The van der Waals surface area contributed by atoms with E-state index in [1.54, 1.807) is 12.1 Å². The molecule has 3 aliphatic heterocycles. The molecule has 0 atom stereocenters. The smallest absolute Gasteiger partial charge is 0.490 e. The summed E-state index contributed by atoms with van der Waals surface area (Å²) in [5.41, 5.74) is -1.06. The van der Waals surface area contributed by atoms with Crippen molar-refractivity contribution in [2.24, 2.45) is 0 Å². The lowest BCUT2D eigenvalue weighted by Crippen LogP contribution is -2.41. The number of aromatic hydroxyl groups is 2. The fourth-order valence-electron chi connectivity index (χ4n) is 5.05. The van der Waals surface area contributed by atoms with Gasteiger partial charge >= 0.3 is 21.4 Å². The van der Waals surface area contributed by atoms with Crippen molar-refractivity contribution < 1.29 is 51.7 Å². The van der Waals surface area contributed by atoms with Gasteiger partial charge in [-0.3, -0.25) is 4.79 Å². The van der Waals surface area contributed by atoms with Crippen LogP contribution in [0, 0.1) is 11.6 Å². The fourth-order valence-corrected chi connectivity index (χ4v) is 5.94. The van der Waals surface area contributed by atoms with Gasteiger partial charge in [-0.25, -0.2) is 8.78 Å². The van der Waals surface area contributed by atoms with Crippen LogP contribution in [0.3, 0.4) is 0 Å². The number of aldehydes is 1. The molecule has 0 unspecified atom stereocenters. The van der Waals surface area contributed by atoms with E-state index in [0.29, 0.717) is 20.8 Å². The summed E-state index contributed by atoms with van der Waals surface area (Å²) in [7, 11) is -1.14. The van der Waals surface area contributed by atoms with Crippen LogP contribution in [-0.4, -0.2) is 71.5 Å². The predicted octanol–water partition coefficient (Wildman–Crippen LogP) is 9.53. The van der Waals surface area contributed by atoms with E-state index >= 15 is 0 Å². The molecular weight excluding hydrogens is 807 g/mol. The third-order valence-electron chi connectivity index (χ3n) is 10.7. The van der Waals surface area contributed by atoms with Gasteiger partial charge in [-0.1, -0.05) is 44.9 Å². The second kappa shape index (κ2) is 15.8. The molecule has 16 heteroatoms. The second-order valence-electron chi connectivity index (χ2n) is 16.4. The van der Waals surface area contributed by atoms with E-state index in [-0.39, 0.29) is 53.7 Å². The van der Waals surface area contributed by atoms with Crippen LogP contribution in [0.4, 0.5) is 8.78 Å². The summed E-state index contributed by atoms with van der Waals surface area (Å²) in [6, 6.07) is 5.29. The Balaban J connectivity index is 0.000000221. The van der Waals surface area contributed by atoms with E-state index in [0.717, 1.165) is 11.5 Å². The van der Waals surface area contributed by atoms with Crippen LogP contribution in [0.2, 0.25) is 5.72 Å². The summed E-state index contributed by atoms with van der Waals surface area (Å²) in [5, 5.41) is 18.7. The molecule has 0 bridgehead atoms. The van der Waals surface area contributed by atoms with E-state index < -0.39 is 35.7 Å². The number of allylic oxidation sites excluding steroid dienone is 1. The maximum absolute atomic E-state index is 13.5. The standard InChI is InChI=1S/C15H19BBrFO3.C14H28B2O4.C7H4BrFO2/c1-9(16-20-14(2,3)15(4,5)21-16)6-10-7-11(17)8-12(18)13(10)19;1-10(15-17-11(2,3)12(4,5)18-15)16-19-13(6,7)14(8,9)20-16;8-5-1-4(3-10)7(11)6(9)2-5/h6-8,19H,1-5H3;10H,1-9H3;1-3,11H/b9-6+;;. The molecule has 3 saturated heterocycles. The van der Waals surface area contributed by atoms with Crippen molar-refractivity contribution >= 4 is 65.6 Å². The highest BCUT2D eigenvalue weighted by Crippen LogP contribution is 2.45. The van der Waals surface area contributed by atoms with Gasteiger partial charge in [0.25, 0.3) is 0 Å². The minimum absolute atomic E-state index is 0.0112. The molecule has 2 aromatic carbocycles. The van der Waals surface area contributed by atoms with Crippen molar-refractivity contribution in [3.8, 4) is 11.5 Å². The van der Waals surface area contributed by atoms with E-state index in [2.05, 4.69) is 94.2 Å². The van der Waals surface area contributed by atoms with Gasteiger partial charge in [0.2, 0.25) is 0 Å². The summed E-state index contributed by atoms with van der Waals surface area (Å²) < 4.78 is 63.3. The van der Waals surface area contributed by atoms with Crippen molar-refractivity contribution in [1.29, 1.82) is 0 Å². The SMILES string of the molecule is C/C(=C\c1cc(Br)cc(F)c1O)B1OC(C)(C)C(C)(C)O1.CC(B1OC(C)(C)C(C)(C)O1)B1OC(C)(C)C(C)(C)O1.O=Cc1cc(Br)cc(F)c1O. The Hall–Kier alpha value is -1.78. The summed E-state index contributed by atoms with van der Waals surface area (Å²) in [4.78, 5) is 10.2. The zero-order valence-corrected chi connectivity index (χ0v) is 35.7. The van der Waals surface area contributed by atoms with Crippen molar-refractivity contribution in [1.82, 2.24) is 0 Å². The number of hydrogen-bond acceptors (Lipinski definition) is 9. The van der Waals surface area contributed by atoms with E-state index in [4.69, 9.17) is 33.0 Å². The van der Waals surface area contributed by atoms with E-state index in [1.165, 1.54) is 12.1 Å². The summed E-state index contributed by atoms with van der Waals surface area (Å²) in [5.74, 6) is -2.46. The van der Waals surface area contributed by atoms with E-state index in [9.17, 15) is 18.7 Å². The third-order valence-corrected chi connectivity index (χ3v) is 11.6. The first-order valence-corrected chi connectivity index (χ1v) is 18.6. The molecule has 0 radical (unpaired) electrons. The summed E-state index contributed by atoms with van der Waals surface area (Å²) in [6.07, 6.45) is 2.06. The molecular formula is C36H51B3Br2F2O9. The Labute approximate surface area is 325 Å². The zero-order valence-electron chi connectivity index (χ0n) is 32.5. The lowest BCUT2D eigenvalue weighted by molar-refractivity contribution is 0.00578. The number of carbonyl (C=O) groups excluding carboxylic acids is 1. The van der Waals surface area contributed by atoms with Crippen molar-refractivity contribution in [2.45, 2.75) is 136 Å². The van der Waals surface area contributed by atoms with Gasteiger partial charge in [-0.2, -0.15) is 0 Å². The van der Waals surface area contributed by atoms with Crippen LogP contribution in [0.1, 0.15) is 113 Å². The minimum atomic E-state index is -0.804. The van der Waals surface area contributed by atoms with Gasteiger partial charge < -0.3 is 38.1 Å². The number of carbonyl (C=O) groups is 1. The summed E-state index contributed by atoms with van der Waals surface area (Å²) in [6.45, 7) is 28.2. The highest BCUT2D eigenvalue weighted by atomic mass is 79.9. The van der Waals surface area contributed by atoms with Crippen molar-refractivity contribution in [3.05, 3.63) is 61.4 Å². The first kappa shape index (κ1) is 44.6. The van der Waals surface area contributed by atoms with Crippen LogP contribution >= 0.6 is 31.9 Å². The van der Waals surface area contributed by atoms with Crippen LogP contribution in [0.15, 0.2) is 38.7 Å². The molecule has 5 rings (SSSR count). The number of benzene rings is 2. The normalized spacial score (nSPS) is 22.1. The third kappa shape index (κ3) is 9.71. The molecule has 52 heavy (non-hydrogen) atoms. The Morgan fingerprint density at radius 1 is 0.635 bits per heavy atom. The molecule has 286 valence electrons. The molecule has 0 spiro atoms. The van der Waals surface area contributed by atoms with Crippen LogP contribution in [-0.2, 0) is 27.9 Å². The number of halogens is 4. The van der Waals surface area contributed by atoms with Gasteiger partial charge in [0.05, 0.1) is 39.2 Å². The zero-order chi connectivity index (χ0) is 40.0. The monoisotopic (exact) mass is 856 g/mol. The predicted molar refractivity (Wildman–Crippen MR) is 208 cm³/mol. The first-order valence-electron chi connectivity index (χ1n) is 17.0. The molecule has 2 aromatic rings. The average molecular weight is 858 g/mol. The Morgan fingerprint density at radius 2 is 0.942 bits per heavy atom. The molecule has 3 heterocycles. The molecule has 2 N–H and O–H groups in total. The molecule has 3 fully saturated rings. The highest BCUT2D eigenvalue weighted by Gasteiger charge is 2.60. The molecule has 0 amide bonds. The number of phenolic OH excluding ortho intramolecular Hbond substituents is 2. The molecule has 9 nitrogen and oxygen atoms in total. The Kier molecular flexibility index (Phi) is 13.5. The van der Waals surface area contributed by atoms with Crippen LogP contribution < -0.4 is 0 Å². The first-order chi connectivity index (χ1) is 23.5. The second-order valence-corrected chi connectivity index (χ2v) is 18.2. The minimum Gasteiger partial charge on any atom is -0.504 e. The fraction of sp³-hybridized carbons (Fsp3) is 0.583. The Morgan fingerprint density at radius 3 is 1.29 bits per heavy atom. The molecule has 0 aromatic heterocycles. The Bertz CT molecular complexity index is 1580.